The van der Waals surface area contributed by atoms with E-state index in [0.717, 1.165) is 17.0 Å². The van der Waals surface area contributed by atoms with Gasteiger partial charge in [-0.2, -0.15) is 0 Å². The smallest absolute Gasteiger partial charge is 0.257 e. The van der Waals surface area contributed by atoms with Gasteiger partial charge in [-0.3, -0.25) is 10.1 Å². The van der Waals surface area contributed by atoms with Crippen molar-refractivity contribution >= 4 is 22.4 Å². The van der Waals surface area contributed by atoms with Crippen LogP contribution in [0.25, 0.3) is 0 Å². The molecule has 3 heterocycles. The minimum Gasteiger partial charge on any atom is -0.472 e. The Bertz CT molecular complexity index is 661. The Kier molecular flexibility index (Phi) is 4.35. The molecule has 2 aromatic heterocycles. The van der Waals surface area contributed by atoms with Crippen molar-refractivity contribution in [3.8, 4) is 5.88 Å². The number of rotatable bonds is 4. The summed E-state index contributed by atoms with van der Waals surface area (Å²) >= 11 is 1.46. The Morgan fingerprint density at radius 3 is 3.05 bits per heavy atom. The van der Waals surface area contributed by atoms with Gasteiger partial charge in [-0.05, 0) is 19.9 Å². The first-order valence-corrected chi connectivity index (χ1v) is 7.89. The van der Waals surface area contributed by atoms with Crippen LogP contribution in [0.3, 0.4) is 0 Å². The summed E-state index contributed by atoms with van der Waals surface area (Å²) in [6.07, 6.45) is 2.42. The molecule has 0 radical (unpaired) electrons. The Labute approximate surface area is 132 Å². The molecule has 7 heteroatoms. The lowest BCUT2D eigenvalue weighted by molar-refractivity contribution is 0.102. The number of carbonyl (C=O) groups is 1. The van der Waals surface area contributed by atoms with Gasteiger partial charge in [0, 0.05) is 29.1 Å². The number of ether oxygens (including phenoxy) is 2. The maximum Gasteiger partial charge on any atom is 0.257 e. The average molecular weight is 319 g/mol. The molecule has 1 N–H and O–H groups in total. The predicted octanol–water partition coefficient (Wildman–Crippen LogP) is 2.57. The zero-order valence-corrected chi connectivity index (χ0v) is 13.3. The first kappa shape index (κ1) is 14.9. The van der Waals surface area contributed by atoms with Crippen molar-refractivity contribution in [2.45, 2.75) is 26.4 Å². The fourth-order valence-electron chi connectivity index (χ4n) is 2.09. The summed E-state index contributed by atoms with van der Waals surface area (Å²) in [4.78, 5) is 21.8. The van der Waals surface area contributed by atoms with Crippen LogP contribution in [-0.4, -0.2) is 35.2 Å². The second-order valence-corrected chi connectivity index (χ2v) is 6.30. The molecule has 3 rings (SSSR count). The molecule has 116 valence electrons. The van der Waals surface area contributed by atoms with Crippen molar-refractivity contribution in [1.29, 1.82) is 0 Å². The third-order valence-corrected chi connectivity index (χ3v) is 4.41. The highest BCUT2D eigenvalue weighted by Gasteiger charge is 2.18. The fraction of sp³-hybridized carbons (Fsp3) is 0.400. The zero-order valence-electron chi connectivity index (χ0n) is 12.5. The van der Waals surface area contributed by atoms with Crippen molar-refractivity contribution in [3.63, 3.8) is 0 Å². The largest absolute Gasteiger partial charge is 0.472 e. The van der Waals surface area contributed by atoms with Crippen molar-refractivity contribution in [3.05, 3.63) is 34.5 Å². The lowest BCUT2D eigenvalue weighted by atomic mass is 10.2. The summed E-state index contributed by atoms with van der Waals surface area (Å²) in [5.74, 6) is 0.221. The van der Waals surface area contributed by atoms with Gasteiger partial charge in [0.25, 0.3) is 5.91 Å². The Morgan fingerprint density at radius 1 is 1.50 bits per heavy atom. The number of carbonyl (C=O) groups excluding carboxylic acids is 1. The number of pyridine rings is 1. The van der Waals surface area contributed by atoms with Gasteiger partial charge in [0.05, 0.1) is 18.9 Å². The number of hydrogen-bond donors (Lipinski definition) is 1. The van der Waals surface area contributed by atoms with Crippen LogP contribution in [0.4, 0.5) is 5.13 Å². The quantitative estimate of drug-likeness (QED) is 0.937. The molecule has 6 nitrogen and oxygen atoms in total. The van der Waals surface area contributed by atoms with E-state index in [0.29, 0.717) is 29.8 Å². The molecule has 1 amide bonds. The Balaban J connectivity index is 1.69. The van der Waals surface area contributed by atoms with E-state index in [9.17, 15) is 4.79 Å². The minimum atomic E-state index is -0.219. The molecule has 1 unspecified atom stereocenters. The molecule has 1 atom stereocenters. The molecular weight excluding hydrogens is 302 g/mol. The number of aromatic nitrogens is 2. The van der Waals surface area contributed by atoms with Crippen molar-refractivity contribution in [2.75, 3.05) is 18.5 Å². The topological polar surface area (TPSA) is 73.3 Å². The summed E-state index contributed by atoms with van der Waals surface area (Å²) in [5, 5.41) is 3.40. The Morgan fingerprint density at radius 2 is 2.36 bits per heavy atom. The molecule has 0 aliphatic carbocycles. The lowest BCUT2D eigenvalue weighted by Gasteiger charge is -2.11. The van der Waals surface area contributed by atoms with Gasteiger partial charge >= 0.3 is 0 Å². The molecule has 0 aromatic carbocycles. The molecular formula is C15H17N3O3S. The maximum absolute atomic E-state index is 12.3. The molecule has 2 aromatic rings. The van der Waals surface area contributed by atoms with Crippen LogP contribution in [0.2, 0.25) is 0 Å². The van der Waals surface area contributed by atoms with E-state index < -0.39 is 0 Å². The van der Waals surface area contributed by atoms with Crippen LogP contribution in [0.1, 0.15) is 27.3 Å². The molecule has 1 fully saturated rings. The number of aryl methyl sites for hydroxylation is 2. The van der Waals surface area contributed by atoms with Gasteiger partial charge in [-0.1, -0.05) is 0 Å². The van der Waals surface area contributed by atoms with E-state index in [1.807, 2.05) is 13.8 Å². The molecule has 22 heavy (non-hydrogen) atoms. The van der Waals surface area contributed by atoms with E-state index in [4.69, 9.17) is 9.47 Å². The summed E-state index contributed by atoms with van der Waals surface area (Å²) < 4.78 is 11.0. The lowest BCUT2D eigenvalue weighted by Crippen LogP contribution is -2.17. The zero-order chi connectivity index (χ0) is 15.5. The summed E-state index contributed by atoms with van der Waals surface area (Å²) in [5.41, 5.74) is 1.43. The van der Waals surface area contributed by atoms with Crippen LogP contribution in [-0.2, 0) is 4.74 Å². The third kappa shape index (κ3) is 3.42. The van der Waals surface area contributed by atoms with Crippen LogP contribution in [0.5, 0.6) is 5.88 Å². The normalized spacial score (nSPS) is 17.5. The highest BCUT2D eigenvalue weighted by Crippen LogP contribution is 2.22. The predicted molar refractivity (Wildman–Crippen MR) is 83.6 cm³/mol. The summed E-state index contributed by atoms with van der Waals surface area (Å²) in [6, 6.07) is 3.29. The number of anilines is 1. The van der Waals surface area contributed by atoms with E-state index in [1.54, 1.807) is 18.3 Å². The molecule has 1 saturated heterocycles. The van der Waals surface area contributed by atoms with Crippen molar-refractivity contribution < 1.29 is 14.3 Å². The first-order valence-electron chi connectivity index (χ1n) is 7.07. The van der Waals surface area contributed by atoms with Crippen molar-refractivity contribution in [1.82, 2.24) is 9.97 Å². The van der Waals surface area contributed by atoms with Crippen molar-refractivity contribution in [2.24, 2.45) is 0 Å². The second kappa shape index (κ2) is 6.41. The van der Waals surface area contributed by atoms with Gasteiger partial charge < -0.3 is 9.47 Å². The number of nitrogens with zero attached hydrogens (tertiary/aromatic N) is 2. The molecule has 1 aliphatic rings. The molecule has 1 aliphatic heterocycles. The first-order chi connectivity index (χ1) is 10.6. The average Bonchev–Trinajstić information content (AvgIpc) is 3.10. The van der Waals surface area contributed by atoms with Crippen LogP contribution in [0.15, 0.2) is 18.3 Å². The monoisotopic (exact) mass is 319 g/mol. The van der Waals surface area contributed by atoms with E-state index in [1.165, 1.54) is 11.3 Å². The third-order valence-electron chi connectivity index (χ3n) is 3.42. The van der Waals surface area contributed by atoms with Crippen LogP contribution >= 0.6 is 11.3 Å². The maximum atomic E-state index is 12.3. The van der Waals surface area contributed by atoms with E-state index in [-0.39, 0.29) is 12.0 Å². The van der Waals surface area contributed by atoms with E-state index >= 15 is 0 Å². The number of amides is 1. The van der Waals surface area contributed by atoms with Gasteiger partial charge in [-0.15, -0.1) is 11.3 Å². The number of thiazole rings is 1. The number of nitrogens with one attached hydrogen (secondary N) is 1. The standard InChI is InChI=1S/C15H17N3O3S/c1-9-10(2)22-15(17-9)18-14(19)11-3-5-16-13(7-11)21-12-4-6-20-8-12/h3,5,7,12H,4,6,8H2,1-2H3,(H,17,18,19). The SMILES string of the molecule is Cc1nc(NC(=O)c2ccnc(OC3CCOC3)c2)sc1C. The second-order valence-electron chi connectivity index (χ2n) is 5.10. The minimum absolute atomic E-state index is 0.00933. The van der Waals surface area contributed by atoms with Gasteiger partial charge in [-0.25, -0.2) is 9.97 Å². The van der Waals surface area contributed by atoms with Crippen LogP contribution < -0.4 is 10.1 Å². The molecule has 0 saturated carbocycles. The van der Waals surface area contributed by atoms with Gasteiger partial charge in [0.15, 0.2) is 5.13 Å². The fourth-order valence-corrected chi connectivity index (χ4v) is 2.90. The van der Waals surface area contributed by atoms with Gasteiger partial charge in [0.1, 0.15) is 6.10 Å². The number of hydrogen-bond acceptors (Lipinski definition) is 6. The van der Waals surface area contributed by atoms with E-state index in [2.05, 4.69) is 15.3 Å². The molecule has 0 bridgehead atoms. The molecule has 0 spiro atoms. The summed E-state index contributed by atoms with van der Waals surface area (Å²) in [7, 11) is 0. The van der Waals surface area contributed by atoms with Gasteiger partial charge in [0.2, 0.25) is 5.88 Å². The highest BCUT2D eigenvalue weighted by atomic mass is 32.1. The van der Waals surface area contributed by atoms with Crippen LogP contribution in [0, 0.1) is 13.8 Å². The Hall–Kier alpha value is -1.99. The summed E-state index contributed by atoms with van der Waals surface area (Å²) in [6.45, 7) is 5.16. The highest BCUT2D eigenvalue weighted by molar-refractivity contribution is 7.15.